The van der Waals surface area contributed by atoms with E-state index in [0.29, 0.717) is 25.7 Å². The molecular weight excluding hydrogens is 593 g/mol. The lowest BCUT2D eigenvalue weighted by atomic mass is 9.81. The summed E-state index contributed by atoms with van der Waals surface area (Å²) >= 11 is 0. The summed E-state index contributed by atoms with van der Waals surface area (Å²) in [6.45, 7) is 28.8. The molecule has 0 saturated carbocycles. The molecule has 260 valence electrons. The molecule has 0 radical (unpaired) electrons. The second-order valence-corrected chi connectivity index (χ2v) is 20.6. The zero-order valence-corrected chi connectivity index (χ0v) is 32.1. The molecule has 0 unspecified atom stereocenters. The average Bonchev–Trinajstić information content (AvgIpc) is 2.98. The fraction of sp³-hybridized carbons (Fsp3) is 0.692. The molecule has 2 aromatic carbocycles. The van der Waals surface area contributed by atoms with Crippen LogP contribution in [-0.2, 0) is 36.6 Å². The minimum atomic E-state index is -2.09. The summed E-state index contributed by atoms with van der Waals surface area (Å²) in [4.78, 5) is 0. The van der Waals surface area contributed by atoms with E-state index >= 15 is 0 Å². The Morgan fingerprint density at radius 1 is 0.804 bits per heavy atom. The Kier molecular flexibility index (Phi) is 13.9. The average molecular weight is 657 g/mol. The number of hydrogen-bond acceptors (Lipinski definition) is 6. The van der Waals surface area contributed by atoms with Gasteiger partial charge in [-0.25, -0.2) is 0 Å². The summed E-state index contributed by atoms with van der Waals surface area (Å²) < 4.78 is 38.9. The highest BCUT2D eigenvalue weighted by Crippen LogP contribution is 2.42. The normalized spacial score (nSPS) is 22.2. The van der Waals surface area contributed by atoms with Crippen LogP contribution in [0, 0.1) is 23.7 Å². The third-order valence-electron chi connectivity index (χ3n) is 10.1. The van der Waals surface area contributed by atoms with Crippen molar-refractivity contribution in [1.29, 1.82) is 0 Å². The number of rotatable bonds is 16. The van der Waals surface area contributed by atoms with Crippen molar-refractivity contribution in [1.82, 2.24) is 0 Å². The van der Waals surface area contributed by atoms with Gasteiger partial charge in [0.2, 0.25) is 0 Å². The maximum Gasteiger partial charge on any atom is 0.192 e. The lowest BCUT2D eigenvalue weighted by Gasteiger charge is -2.49. The van der Waals surface area contributed by atoms with Crippen LogP contribution in [0.15, 0.2) is 54.6 Å². The van der Waals surface area contributed by atoms with E-state index in [4.69, 9.17) is 28.1 Å². The molecule has 1 heterocycles. The van der Waals surface area contributed by atoms with E-state index in [1.54, 1.807) is 7.11 Å². The Hall–Kier alpha value is -1.74. The van der Waals surface area contributed by atoms with Crippen LogP contribution in [0.1, 0.15) is 86.8 Å². The van der Waals surface area contributed by atoms with Crippen molar-refractivity contribution in [3.05, 3.63) is 65.7 Å². The quantitative estimate of drug-likeness (QED) is 0.168. The van der Waals surface area contributed by atoms with Crippen LogP contribution >= 0.6 is 0 Å². The van der Waals surface area contributed by atoms with Crippen LogP contribution in [0.2, 0.25) is 18.1 Å². The van der Waals surface area contributed by atoms with Gasteiger partial charge in [0.1, 0.15) is 5.75 Å². The van der Waals surface area contributed by atoms with Gasteiger partial charge in [-0.2, -0.15) is 0 Å². The van der Waals surface area contributed by atoms with Crippen molar-refractivity contribution in [2.45, 2.75) is 137 Å². The highest BCUT2D eigenvalue weighted by molar-refractivity contribution is 6.74. The molecule has 6 nitrogen and oxygen atoms in total. The summed E-state index contributed by atoms with van der Waals surface area (Å²) in [5.41, 5.74) is 2.32. The van der Waals surface area contributed by atoms with Crippen LogP contribution in [0.25, 0.3) is 0 Å². The molecule has 3 rings (SSSR count). The smallest absolute Gasteiger partial charge is 0.192 e. The zero-order valence-electron chi connectivity index (χ0n) is 31.1. The summed E-state index contributed by atoms with van der Waals surface area (Å²) in [7, 11) is -0.399. The van der Waals surface area contributed by atoms with E-state index in [1.165, 1.54) is 5.56 Å². The zero-order chi connectivity index (χ0) is 34.3. The van der Waals surface area contributed by atoms with Crippen molar-refractivity contribution < 1.29 is 28.1 Å². The van der Waals surface area contributed by atoms with Crippen LogP contribution in [0.5, 0.6) is 5.75 Å². The Balaban J connectivity index is 1.78. The predicted octanol–water partition coefficient (Wildman–Crippen LogP) is 9.66. The van der Waals surface area contributed by atoms with Crippen LogP contribution < -0.4 is 4.74 Å². The summed E-state index contributed by atoms with van der Waals surface area (Å²) in [5, 5.41) is 0.0914. The molecule has 0 bridgehead atoms. The summed E-state index contributed by atoms with van der Waals surface area (Å²) in [6, 6.07) is 18.5. The third-order valence-corrected chi connectivity index (χ3v) is 14.6. The molecule has 0 N–H and O–H groups in total. The molecule has 7 heteroatoms. The lowest BCUT2D eigenvalue weighted by molar-refractivity contribution is -0.323. The van der Waals surface area contributed by atoms with E-state index in [0.717, 1.165) is 17.7 Å². The van der Waals surface area contributed by atoms with E-state index < -0.39 is 14.1 Å². The van der Waals surface area contributed by atoms with Gasteiger partial charge in [0.15, 0.2) is 14.1 Å². The van der Waals surface area contributed by atoms with Gasteiger partial charge in [0, 0.05) is 24.2 Å². The molecule has 46 heavy (non-hydrogen) atoms. The lowest BCUT2D eigenvalue weighted by Crippen LogP contribution is -2.55. The van der Waals surface area contributed by atoms with Gasteiger partial charge >= 0.3 is 0 Å². The first-order valence-electron chi connectivity index (χ1n) is 17.3. The predicted molar refractivity (Wildman–Crippen MR) is 191 cm³/mol. The summed E-state index contributed by atoms with van der Waals surface area (Å²) in [5.74, 6) is 0.956. The first-order valence-corrected chi connectivity index (χ1v) is 20.2. The number of methoxy groups -OCH3 is 1. The van der Waals surface area contributed by atoms with Gasteiger partial charge in [-0.05, 0) is 61.2 Å². The van der Waals surface area contributed by atoms with Gasteiger partial charge < -0.3 is 28.1 Å². The second-order valence-electron chi connectivity index (χ2n) is 15.9. The van der Waals surface area contributed by atoms with Gasteiger partial charge in [-0.15, -0.1) is 0 Å². The molecule has 0 spiro atoms. The fourth-order valence-corrected chi connectivity index (χ4v) is 7.79. The molecule has 1 aliphatic heterocycles. The highest BCUT2D eigenvalue weighted by Gasteiger charge is 2.47. The Labute approximate surface area is 282 Å². The van der Waals surface area contributed by atoms with E-state index in [9.17, 15) is 0 Å². The molecule has 0 aromatic heterocycles. The van der Waals surface area contributed by atoms with E-state index in [2.05, 4.69) is 105 Å². The molecule has 0 aliphatic carbocycles. The molecule has 0 amide bonds. The number of hydrogen-bond donors (Lipinski definition) is 0. The topological polar surface area (TPSA) is 55.4 Å². The number of benzene rings is 2. The first kappa shape index (κ1) is 38.7. The maximum atomic E-state index is 7.24. The minimum absolute atomic E-state index is 0.0151. The summed E-state index contributed by atoms with van der Waals surface area (Å²) in [6.07, 6.45) is 0.755. The molecule has 2 aromatic rings. The monoisotopic (exact) mass is 656 g/mol. The highest BCUT2D eigenvalue weighted by atomic mass is 28.4. The molecule has 1 fully saturated rings. The standard InChI is InChI=1S/C39H64O6Si/c1-27(2)36(42-26-32-19-21-33(40-11)22-20-32)29(4)34-23-35(44-39(9,10)43-34)30(5)37(45-46(12,13)38(6,7)8)28(3)24-41-25-31-17-15-14-16-18-31/h14-22,27-30,34-37H,23-26H2,1-13H3/t28-,29+,30-,34+,35-,36-,37-/m1/s1. The third kappa shape index (κ3) is 10.9. The van der Waals surface area contributed by atoms with Crippen molar-refractivity contribution in [3.63, 3.8) is 0 Å². The van der Waals surface area contributed by atoms with E-state index in [1.807, 2.05) is 32.0 Å². The maximum absolute atomic E-state index is 7.24. The van der Waals surface area contributed by atoms with Crippen LogP contribution in [-0.4, -0.2) is 52.2 Å². The SMILES string of the molecule is COc1ccc(CO[C@H](C(C)C)[C@@H](C)[C@@H]2C[C@H]([C@@H](C)[C@H](O[Si](C)(C)C(C)(C)C)[C@H](C)COCc3ccccc3)OC(C)(C)O2)cc1. The number of ether oxygens (including phenoxy) is 5. The first-order chi connectivity index (χ1) is 21.4. The molecule has 1 saturated heterocycles. The largest absolute Gasteiger partial charge is 0.497 e. The van der Waals surface area contributed by atoms with Crippen LogP contribution in [0.3, 0.4) is 0 Å². The second kappa shape index (κ2) is 16.6. The van der Waals surface area contributed by atoms with Gasteiger partial charge in [-0.1, -0.05) is 97.9 Å². The van der Waals surface area contributed by atoms with Crippen molar-refractivity contribution >= 4 is 8.32 Å². The molecule has 1 aliphatic rings. The van der Waals surface area contributed by atoms with Gasteiger partial charge in [-0.3, -0.25) is 0 Å². The van der Waals surface area contributed by atoms with E-state index in [-0.39, 0.29) is 47.2 Å². The Bertz CT molecular complexity index is 1160. The molecular formula is C39H64O6Si. The van der Waals surface area contributed by atoms with Crippen LogP contribution in [0.4, 0.5) is 0 Å². The molecule has 7 atom stereocenters. The van der Waals surface area contributed by atoms with Crippen molar-refractivity contribution in [2.24, 2.45) is 23.7 Å². The minimum Gasteiger partial charge on any atom is -0.497 e. The Morgan fingerprint density at radius 2 is 1.35 bits per heavy atom. The van der Waals surface area contributed by atoms with Gasteiger partial charge in [0.25, 0.3) is 0 Å². The Morgan fingerprint density at radius 3 is 1.87 bits per heavy atom. The van der Waals surface area contributed by atoms with Crippen molar-refractivity contribution in [3.8, 4) is 5.75 Å². The van der Waals surface area contributed by atoms with Crippen molar-refractivity contribution in [2.75, 3.05) is 13.7 Å². The fourth-order valence-electron chi connectivity index (χ4n) is 6.31. The van der Waals surface area contributed by atoms with Gasteiger partial charge in [0.05, 0.1) is 51.3 Å².